The molecule has 1 fully saturated rings. The van der Waals surface area contributed by atoms with Gasteiger partial charge in [-0.3, -0.25) is 4.90 Å². The van der Waals surface area contributed by atoms with E-state index < -0.39 is 0 Å². The van der Waals surface area contributed by atoms with E-state index in [0.29, 0.717) is 11.7 Å². The van der Waals surface area contributed by atoms with E-state index in [4.69, 9.17) is 4.74 Å². The molecule has 1 atom stereocenters. The second-order valence-corrected chi connectivity index (χ2v) is 6.56. The van der Waals surface area contributed by atoms with Crippen LogP contribution in [0.15, 0.2) is 42.5 Å². The van der Waals surface area contributed by atoms with E-state index in [-0.39, 0.29) is 5.97 Å². The Morgan fingerprint density at radius 1 is 1.20 bits per heavy atom. The van der Waals surface area contributed by atoms with E-state index in [0.717, 1.165) is 31.9 Å². The zero-order chi connectivity index (χ0) is 17.8. The van der Waals surface area contributed by atoms with Crippen LogP contribution in [0.3, 0.4) is 0 Å². The summed E-state index contributed by atoms with van der Waals surface area (Å²) in [5, 5.41) is 0. The lowest BCUT2D eigenvalue weighted by Crippen LogP contribution is -2.51. The van der Waals surface area contributed by atoms with Crippen LogP contribution in [-0.4, -0.2) is 48.6 Å². The van der Waals surface area contributed by atoms with E-state index in [9.17, 15) is 4.79 Å². The first kappa shape index (κ1) is 17.4. The van der Waals surface area contributed by atoms with Crippen LogP contribution in [0.5, 0.6) is 0 Å². The Bertz CT molecular complexity index is 747. The monoisotopic (exact) mass is 339 g/mol. The summed E-state index contributed by atoms with van der Waals surface area (Å²) in [6, 6.07) is 14.5. The Morgan fingerprint density at radius 3 is 2.72 bits per heavy atom. The molecule has 0 saturated carbocycles. The number of para-hydroxylation sites is 1. The number of hydrogen-bond donors (Lipinski definition) is 0. The first-order valence-corrected chi connectivity index (χ1v) is 8.67. The molecule has 25 heavy (non-hydrogen) atoms. The van der Waals surface area contributed by atoms with Crippen LogP contribution in [0.1, 0.15) is 28.7 Å². The average Bonchev–Trinajstić information content (AvgIpc) is 2.63. The number of methoxy groups -OCH3 is 1. The second kappa shape index (κ2) is 7.66. The van der Waals surface area contributed by atoms with E-state index in [1.165, 1.54) is 18.4 Å². The maximum Gasteiger partial charge on any atom is 0.356 e. The van der Waals surface area contributed by atoms with E-state index in [2.05, 4.69) is 52.9 Å². The fraction of sp³-hybridized carbons (Fsp3) is 0.400. The third-order valence-electron chi connectivity index (χ3n) is 4.79. The Labute approximate surface area is 149 Å². The molecule has 5 heteroatoms. The highest BCUT2D eigenvalue weighted by molar-refractivity contribution is 5.87. The zero-order valence-corrected chi connectivity index (χ0v) is 15.1. The molecule has 1 aliphatic heterocycles. The lowest BCUT2D eigenvalue weighted by molar-refractivity contribution is 0.0593. The van der Waals surface area contributed by atoms with Crippen molar-refractivity contribution in [3.05, 3.63) is 59.4 Å². The number of piperazine rings is 1. The molecule has 1 aliphatic rings. The van der Waals surface area contributed by atoms with Gasteiger partial charge in [0.15, 0.2) is 0 Å². The average molecular weight is 339 g/mol. The van der Waals surface area contributed by atoms with Gasteiger partial charge in [0.25, 0.3) is 0 Å². The van der Waals surface area contributed by atoms with Gasteiger partial charge < -0.3 is 9.64 Å². The zero-order valence-electron chi connectivity index (χ0n) is 15.1. The smallest absolute Gasteiger partial charge is 0.356 e. The molecule has 0 N–H and O–H groups in total. The number of pyridine rings is 1. The van der Waals surface area contributed by atoms with Crippen LogP contribution in [0.25, 0.3) is 0 Å². The van der Waals surface area contributed by atoms with Gasteiger partial charge in [-0.25, -0.2) is 9.78 Å². The quantitative estimate of drug-likeness (QED) is 0.802. The van der Waals surface area contributed by atoms with Crippen LogP contribution in [0.2, 0.25) is 0 Å². The molecule has 1 unspecified atom stereocenters. The number of rotatable bonds is 4. The predicted octanol–water partition coefficient (Wildman–Crippen LogP) is 2.89. The molecule has 1 aromatic heterocycles. The van der Waals surface area contributed by atoms with Crippen molar-refractivity contribution in [2.75, 3.05) is 31.6 Å². The Morgan fingerprint density at radius 2 is 2.00 bits per heavy atom. The van der Waals surface area contributed by atoms with Crippen LogP contribution < -0.4 is 4.90 Å². The normalized spacial score (nSPS) is 18.2. The lowest BCUT2D eigenvalue weighted by Gasteiger charge is -2.41. The Hall–Kier alpha value is -2.40. The van der Waals surface area contributed by atoms with Crippen molar-refractivity contribution in [2.45, 2.75) is 26.4 Å². The molecule has 0 bridgehead atoms. The van der Waals surface area contributed by atoms with E-state index >= 15 is 0 Å². The third kappa shape index (κ3) is 3.99. The maximum atomic E-state index is 11.6. The van der Waals surface area contributed by atoms with Crippen LogP contribution in [0, 0.1) is 6.92 Å². The summed E-state index contributed by atoms with van der Waals surface area (Å²) in [6.45, 7) is 8.10. The largest absolute Gasteiger partial charge is 0.464 e. The maximum absolute atomic E-state index is 11.6. The van der Waals surface area contributed by atoms with Gasteiger partial charge in [-0.1, -0.05) is 24.3 Å². The molecule has 5 nitrogen and oxygen atoms in total. The summed E-state index contributed by atoms with van der Waals surface area (Å²) in [5.74, 6) is -0.390. The minimum Gasteiger partial charge on any atom is -0.464 e. The summed E-state index contributed by atoms with van der Waals surface area (Å²) in [5.41, 5.74) is 3.90. The van der Waals surface area contributed by atoms with Gasteiger partial charge >= 0.3 is 5.97 Å². The SMILES string of the molecule is COC(=O)c1cccc(CN2CCN(c3ccccc3C)CC2C)n1. The predicted molar refractivity (Wildman–Crippen MR) is 98.8 cm³/mol. The number of nitrogens with zero attached hydrogens (tertiary/aromatic N) is 3. The van der Waals surface area contributed by atoms with Crippen molar-refractivity contribution in [1.29, 1.82) is 0 Å². The van der Waals surface area contributed by atoms with Gasteiger partial charge in [0.05, 0.1) is 12.8 Å². The molecule has 1 saturated heterocycles. The molecular formula is C20H25N3O2. The lowest BCUT2D eigenvalue weighted by atomic mass is 10.1. The van der Waals surface area contributed by atoms with Crippen molar-refractivity contribution >= 4 is 11.7 Å². The highest BCUT2D eigenvalue weighted by Gasteiger charge is 2.25. The number of aryl methyl sites for hydroxylation is 1. The van der Waals surface area contributed by atoms with E-state index in [1.54, 1.807) is 6.07 Å². The molecule has 2 aromatic rings. The van der Waals surface area contributed by atoms with Gasteiger partial charge in [0.2, 0.25) is 0 Å². The van der Waals surface area contributed by atoms with Crippen LogP contribution in [-0.2, 0) is 11.3 Å². The van der Waals surface area contributed by atoms with Crippen LogP contribution >= 0.6 is 0 Å². The molecule has 0 aliphatic carbocycles. The summed E-state index contributed by atoms with van der Waals surface area (Å²) in [7, 11) is 1.38. The molecular weight excluding hydrogens is 314 g/mol. The number of benzene rings is 1. The molecule has 1 aromatic carbocycles. The molecule has 132 valence electrons. The van der Waals surface area contributed by atoms with Gasteiger partial charge in [0, 0.05) is 37.9 Å². The summed E-state index contributed by atoms with van der Waals surface area (Å²) in [6.07, 6.45) is 0. The number of hydrogen-bond acceptors (Lipinski definition) is 5. The number of ether oxygens (including phenoxy) is 1. The fourth-order valence-electron chi connectivity index (χ4n) is 3.36. The molecule has 0 spiro atoms. The Balaban J connectivity index is 1.66. The van der Waals surface area contributed by atoms with Crippen molar-refractivity contribution in [3.8, 4) is 0 Å². The minimum atomic E-state index is -0.390. The molecule has 3 rings (SSSR count). The first-order valence-electron chi connectivity index (χ1n) is 8.67. The fourth-order valence-corrected chi connectivity index (χ4v) is 3.36. The number of aromatic nitrogens is 1. The first-order chi connectivity index (χ1) is 12.1. The van der Waals surface area contributed by atoms with Crippen LogP contribution in [0.4, 0.5) is 5.69 Å². The highest BCUT2D eigenvalue weighted by atomic mass is 16.5. The van der Waals surface area contributed by atoms with Gasteiger partial charge in [0.1, 0.15) is 5.69 Å². The standard InChI is InChI=1S/C20H25N3O2/c1-15-7-4-5-10-19(15)23-12-11-22(16(2)13-23)14-17-8-6-9-18(21-17)20(24)25-3/h4-10,16H,11-14H2,1-3H3. The van der Waals surface area contributed by atoms with Gasteiger partial charge in [-0.05, 0) is 37.6 Å². The minimum absolute atomic E-state index is 0.367. The number of carbonyl (C=O) groups excluding carboxylic acids is 1. The van der Waals surface area contributed by atoms with Crippen molar-refractivity contribution < 1.29 is 9.53 Å². The second-order valence-electron chi connectivity index (χ2n) is 6.56. The summed E-state index contributed by atoms with van der Waals surface area (Å²) >= 11 is 0. The van der Waals surface area contributed by atoms with Crippen molar-refractivity contribution in [1.82, 2.24) is 9.88 Å². The van der Waals surface area contributed by atoms with Crippen molar-refractivity contribution in [2.24, 2.45) is 0 Å². The highest BCUT2D eigenvalue weighted by Crippen LogP contribution is 2.23. The topological polar surface area (TPSA) is 45.7 Å². The summed E-state index contributed by atoms with van der Waals surface area (Å²) < 4.78 is 4.75. The third-order valence-corrected chi connectivity index (χ3v) is 4.79. The molecule has 0 amide bonds. The number of esters is 1. The molecule has 2 heterocycles. The number of carbonyl (C=O) groups is 1. The number of anilines is 1. The summed E-state index contributed by atoms with van der Waals surface area (Å²) in [4.78, 5) is 21.0. The van der Waals surface area contributed by atoms with E-state index in [1.807, 2.05) is 12.1 Å². The van der Waals surface area contributed by atoms with Crippen molar-refractivity contribution in [3.63, 3.8) is 0 Å². The molecule has 0 radical (unpaired) electrons. The van der Waals surface area contributed by atoms with Gasteiger partial charge in [-0.15, -0.1) is 0 Å². The Kier molecular flexibility index (Phi) is 5.34. The van der Waals surface area contributed by atoms with Gasteiger partial charge in [-0.2, -0.15) is 0 Å².